The van der Waals surface area contributed by atoms with Crippen LogP contribution in [0.5, 0.6) is 0 Å². The average molecular weight is 340 g/mol. The van der Waals surface area contributed by atoms with E-state index in [1.807, 2.05) is 36.4 Å². The summed E-state index contributed by atoms with van der Waals surface area (Å²) >= 11 is 0. The maximum atomic E-state index is 13.0. The molecule has 4 nitrogen and oxygen atoms in total. The molecule has 1 saturated carbocycles. The molecular formula is C21H28N2O2. The van der Waals surface area contributed by atoms with Crippen LogP contribution in [0.4, 0.5) is 5.69 Å². The van der Waals surface area contributed by atoms with Gasteiger partial charge >= 0.3 is 0 Å². The van der Waals surface area contributed by atoms with Crippen molar-refractivity contribution in [2.45, 2.75) is 59.4 Å². The number of hydrogen-bond acceptors (Lipinski definition) is 3. The Hall–Kier alpha value is -2.28. The molecule has 134 valence electrons. The van der Waals surface area contributed by atoms with Crippen LogP contribution in [0, 0.1) is 22.7 Å². The molecule has 1 N–H and O–H groups in total. The van der Waals surface area contributed by atoms with Gasteiger partial charge in [-0.1, -0.05) is 39.0 Å². The van der Waals surface area contributed by atoms with Crippen LogP contribution in [0.1, 0.15) is 53.4 Å². The summed E-state index contributed by atoms with van der Waals surface area (Å²) in [6.07, 6.45) is 3.94. The van der Waals surface area contributed by atoms with Crippen molar-refractivity contribution in [2.24, 2.45) is 11.3 Å². The lowest BCUT2D eigenvalue weighted by atomic mass is 9.71. The van der Waals surface area contributed by atoms with Crippen molar-refractivity contribution in [2.75, 3.05) is 4.90 Å². The lowest BCUT2D eigenvalue weighted by molar-refractivity contribution is -0.115. The number of carbonyl (C=O) groups is 1. The van der Waals surface area contributed by atoms with E-state index in [1.54, 1.807) is 4.90 Å². The lowest BCUT2D eigenvalue weighted by Crippen LogP contribution is -2.44. The van der Waals surface area contributed by atoms with Crippen LogP contribution in [-0.4, -0.2) is 17.1 Å². The standard InChI is InChI=1S/C21H28N2O2/c1-15(24)19(14-22)20(25)23(17-8-6-5-7-9-17)18-12-10-16(11-13-18)21(2,3)4/h5-9,16,18,24H,10-13H2,1-4H3/b19-15-/t16-,18+. The molecule has 1 aromatic rings. The van der Waals surface area contributed by atoms with E-state index in [2.05, 4.69) is 20.8 Å². The molecule has 0 saturated heterocycles. The molecule has 0 spiro atoms. The van der Waals surface area contributed by atoms with Gasteiger partial charge in [0.2, 0.25) is 0 Å². The van der Waals surface area contributed by atoms with Gasteiger partial charge in [0, 0.05) is 11.7 Å². The van der Waals surface area contributed by atoms with Gasteiger partial charge in [-0.25, -0.2) is 0 Å². The van der Waals surface area contributed by atoms with Gasteiger partial charge in [0.05, 0.1) is 0 Å². The number of anilines is 1. The molecule has 1 fully saturated rings. The van der Waals surface area contributed by atoms with Crippen molar-refractivity contribution < 1.29 is 9.90 Å². The summed E-state index contributed by atoms with van der Waals surface area (Å²) in [5.41, 5.74) is 0.869. The molecule has 0 bridgehead atoms. The topological polar surface area (TPSA) is 64.3 Å². The highest BCUT2D eigenvalue weighted by Crippen LogP contribution is 2.40. The van der Waals surface area contributed by atoms with Crippen molar-refractivity contribution in [3.05, 3.63) is 41.7 Å². The van der Waals surface area contributed by atoms with E-state index in [1.165, 1.54) is 6.92 Å². The molecule has 2 rings (SSSR count). The normalized spacial score (nSPS) is 21.9. The summed E-state index contributed by atoms with van der Waals surface area (Å²) < 4.78 is 0. The second-order valence-corrected chi connectivity index (χ2v) is 7.95. The third-order valence-corrected chi connectivity index (χ3v) is 5.23. The van der Waals surface area contributed by atoms with Crippen LogP contribution in [-0.2, 0) is 4.79 Å². The first-order valence-electron chi connectivity index (χ1n) is 8.94. The minimum absolute atomic E-state index is 0.0520. The zero-order chi connectivity index (χ0) is 18.6. The number of nitrogens with zero attached hydrogens (tertiary/aromatic N) is 2. The number of amides is 1. The van der Waals surface area contributed by atoms with Gasteiger partial charge in [0.1, 0.15) is 11.8 Å². The molecule has 1 amide bonds. The van der Waals surface area contributed by atoms with Crippen LogP contribution >= 0.6 is 0 Å². The number of para-hydroxylation sites is 1. The van der Waals surface area contributed by atoms with Gasteiger partial charge in [-0.2, -0.15) is 5.26 Å². The van der Waals surface area contributed by atoms with E-state index in [4.69, 9.17) is 0 Å². The predicted molar refractivity (Wildman–Crippen MR) is 100 cm³/mol. The highest BCUT2D eigenvalue weighted by Gasteiger charge is 2.35. The molecule has 0 aliphatic heterocycles. The maximum Gasteiger partial charge on any atom is 0.272 e. The Balaban J connectivity index is 2.31. The molecule has 0 unspecified atom stereocenters. The Morgan fingerprint density at radius 3 is 2.16 bits per heavy atom. The molecule has 25 heavy (non-hydrogen) atoms. The lowest BCUT2D eigenvalue weighted by Gasteiger charge is -2.41. The third-order valence-electron chi connectivity index (χ3n) is 5.23. The second-order valence-electron chi connectivity index (χ2n) is 7.95. The SMILES string of the molecule is C/C(O)=C(\C#N)C(=O)N(c1ccccc1)[C@H]1CC[C@@H](C(C)(C)C)CC1. The van der Waals surface area contributed by atoms with E-state index >= 15 is 0 Å². The molecule has 1 aromatic carbocycles. The summed E-state index contributed by atoms with van der Waals surface area (Å²) in [5, 5.41) is 19.0. The monoisotopic (exact) mass is 340 g/mol. The molecule has 0 aromatic heterocycles. The fourth-order valence-electron chi connectivity index (χ4n) is 3.69. The van der Waals surface area contributed by atoms with Crippen LogP contribution in [0.2, 0.25) is 0 Å². The van der Waals surface area contributed by atoms with Gasteiger partial charge in [-0.15, -0.1) is 0 Å². The fourth-order valence-corrected chi connectivity index (χ4v) is 3.69. The van der Waals surface area contributed by atoms with Crippen molar-refractivity contribution in [1.82, 2.24) is 0 Å². The average Bonchev–Trinajstić information content (AvgIpc) is 2.56. The van der Waals surface area contributed by atoms with Crippen LogP contribution in [0.3, 0.4) is 0 Å². The number of hydrogen-bond donors (Lipinski definition) is 1. The Morgan fingerprint density at radius 1 is 1.16 bits per heavy atom. The van der Waals surface area contributed by atoms with Crippen molar-refractivity contribution >= 4 is 11.6 Å². The summed E-state index contributed by atoms with van der Waals surface area (Å²) in [6, 6.07) is 11.4. The molecular weight excluding hydrogens is 312 g/mol. The Morgan fingerprint density at radius 2 is 1.72 bits per heavy atom. The van der Waals surface area contributed by atoms with E-state index in [9.17, 15) is 15.2 Å². The van der Waals surface area contributed by atoms with E-state index < -0.39 is 5.91 Å². The number of allylic oxidation sites excluding steroid dienone is 1. The molecule has 0 heterocycles. The number of aliphatic hydroxyl groups excluding tert-OH is 1. The van der Waals surface area contributed by atoms with Gasteiger partial charge < -0.3 is 10.0 Å². The zero-order valence-corrected chi connectivity index (χ0v) is 15.6. The number of rotatable bonds is 3. The Bertz CT molecular complexity index is 668. The van der Waals surface area contributed by atoms with Crippen LogP contribution < -0.4 is 4.90 Å². The fraction of sp³-hybridized carbons (Fsp3) is 0.524. The minimum Gasteiger partial charge on any atom is -0.511 e. The Kier molecular flexibility index (Phi) is 5.89. The first kappa shape index (κ1) is 19.1. The van der Waals surface area contributed by atoms with Gasteiger partial charge in [-0.3, -0.25) is 4.79 Å². The highest BCUT2D eigenvalue weighted by molar-refractivity contribution is 6.08. The summed E-state index contributed by atoms with van der Waals surface area (Å²) in [6.45, 7) is 8.19. The zero-order valence-electron chi connectivity index (χ0n) is 15.6. The van der Waals surface area contributed by atoms with Gasteiger partial charge in [0.15, 0.2) is 5.57 Å². The molecule has 1 aliphatic rings. The summed E-state index contributed by atoms with van der Waals surface area (Å²) in [5.74, 6) is 0.00625. The number of carbonyl (C=O) groups excluding carboxylic acids is 1. The number of nitriles is 1. The summed E-state index contributed by atoms with van der Waals surface area (Å²) in [7, 11) is 0. The van der Waals surface area contributed by atoms with Crippen LogP contribution in [0.25, 0.3) is 0 Å². The van der Waals surface area contributed by atoms with E-state index in [0.29, 0.717) is 5.92 Å². The van der Waals surface area contributed by atoms with Crippen molar-refractivity contribution in [3.63, 3.8) is 0 Å². The first-order chi connectivity index (χ1) is 11.8. The molecule has 0 atom stereocenters. The third kappa shape index (κ3) is 4.42. The minimum atomic E-state index is -0.409. The van der Waals surface area contributed by atoms with Crippen molar-refractivity contribution in [3.8, 4) is 6.07 Å². The Labute approximate surface area is 150 Å². The van der Waals surface area contributed by atoms with E-state index in [0.717, 1.165) is 31.4 Å². The smallest absolute Gasteiger partial charge is 0.272 e. The second kappa shape index (κ2) is 7.74. The maximum absolute atomic E-state index is 13.0. The predicted octanol–water partition coefficient (Wildman–Crippen LogP) is 4.98. The van der Waals surface area contributed by atoms with E-state index in [-0.39, 0.29) is 22.8 Å². The largest absolute Gasteiger partial charge is 0.511 e. The van der Waals surface area contributed by atoms with Gasteiger partial charge in [-0.05, 0) is 56.1 Å². The first-order valence-corrected chi connectivity index (χ1v) is 8.94. The molecule has 1 aliphatic carbocycles. The van der Waals surface area contributed by atoms with Crippen LogP contribution in [0.15, 0.2) is 41.7 Å². The van der Waals surface area contributed by atoms with Crippen molar-refractivity contribution in [1.29, 1.82) is 5.26 Å². The number of benzene rings is 1. The summed E-state index contributed by atoms with van der Waals surface area (Å²) in [4.78, 5) is 14.7. The van der Waals surface area contributed by atoms with Gasteiger partial charge in [0.25, 0.3) is 5.91 Å². The number of aliphatic hydroxyl groups is 1. The highest BCUT2D eigenvalue weighted by atomic mass is 16.3. The quantitative estimate of drug-likeness (QED) is 0.479. The molecule has 4 heteroatoms. The molecule has 0 radical (unpaired) electrons.